The molecule has 0 amide bonds. The van der Waals surface area contributed by atoms with Gasteiger partial charge in [-0.05, 0) is 36.7 Å². The number of nitrogens with zero attached hydrogens (tertiary/aromatic N) is 2. The van der Waals surface area contributed by atoms with Crippen LogP contribution in [0.25, 0.3) is 0 Å². The van der Waals surface area contributed by atoms with Crippen molar-refractivity contribution in [3.05, 3.63) is 45.1 Å². The fourth-order valence-corrected chi connectivity index (χ4v) is 2.90. The molecule has 1 aromatic heterocycles. The van der Waals surface area contributed by atoms with Crippen molar-refractivity contribution in [2.75, 3.05) is 13.7 Å². The monoisotopic (exact) mass is 371 g/mol. The molecule has 1 heterocycles. The fourth-order valence-electron chi connectivity index (χ4n) is 2.29. The van der Waals surface area contributed by atoms with Gasteiger partial charge in [-0.1, -0.05) is 34.5 Å². The van der Waals surface area contributed by atoms with Crippen LogP contribution in [0.4, 0.5) is 0 Å². The van der Waals surface area contributed by atoms with Gasteiger partial charge in [-0.15, -0.1) is 0 Å². The van der Waals surface area contributed by atoms with Crippen LogP contribution in [-0.2, 0) is 7.05 Å². The van der Waals surface area contributed by atoms with Crippen LogP contribution in [0.3, 0.4) is 0 Å². The fraction of sp³-hybridized carbons (Fsp3) is 0.400. The molecule has 1 unspecified atom stereocenters. The Morgan fingerprint density at radius 2 is 2.24 bits per heavy atom. The van der Waals surface area contributed by atoms with Crippen molar-refractivity contribution in [2.45, 2.75) is 19.4 Å². The van der Waals surface area contributed by atoms with Crippen LogP contribution in [-0.4, -0.2) is 23.4 Å². The van der Waals surface area contributed by atoms with Crippen LogP contribution in [0.15, 0.2) is 28.9 Å². The average Bonchev–Trinajstić information content (AvgIpc) is 2.84. The van der Waals surface area contributed by atoms with Crippen molar-refractivity contribution >= 4 is 27.5 Å². The lowest BCUT2D eigenvalue weighted by molar-refractivity contribution is 0.400. The third-order valence-corrected chi connectivity index (χ3v) is 4.15. The lowest BCUT2D eigenvalue weighted by Crippen LogP contribution is -2.26. The summed E-state index contributed by atoms with van der Waals surface area (Å²) in [5.74, 6) is 0.752. The van der Waals surface area contributed by atoms with E-state index in [1.807, 2.05) is 29.9 Å². The molecule has 0 spiro atoms. The van der Waals surface area contributed by atoms with Crippen molar-refractivity contribution in [1.82, 2.24) is 15.1 Å². The minimum Gasteiger partial charge on any atom is -0.493 e. The summed E-state index contributed by atoms with van der Waals surface area (Å²) < 4.78 is 8.26. The maximum absolute atomic E-state index is 6.40. The molecule has 0 aliphatic carbocycles. The summed E-state index contributed by atoms with van der Waals surface area (Å²) in [6.07, 6.45) is 2.75. The predicted molar refractivity (Wildman–Crippen MR) is 89.0 cm³/mol. The maximum atomic E-state index is 6.40. The van der Waals surface area contributed by atoms with E-state index in [-0.39, 0.29) is 6.04 Å². The van der Waals surface area contributed by atoms with Gasteiger partial charge < -0.3 is 10.1 Å². The predicted octanol–water partition coefficient (Wildman–Crippen LogP) is 3.93. The molecule has 2 rings (SSSR count). The zero-order chi connectivity index (χ0) is 15.4. The molecular weight excluding hydrogens is 354 g/mol. The van der Waals surface area contributed by atoms with Gasteiger partial charge in [0.05, 0.1) is 19.3 Å². The number of benzene rings is 1. The van der Waals surface area contributed by atoms with Gasteiger partial charge in [0.15, 0.2) is 5.75 Å². The highest BCUT2D eigenvalue weighted by molar-refractivity contribution is 9.10. The highest BCUT2D eigenvalue weighted by Gasteiger charge is 2.24. The van der Waals surface area contributed by atoms with Crippen molar-refractivity contribution < 1.29 is 4.74 Å². The molecule has 0 bridgehead atoms. The van der Waals surface area contributed by atoms with E-state index in [0.29, 0.717) is 0 Å². The minimum atomic E-state index is -0.0719. The van der Waals surface area contributed by atoms with Crippen molar-refractivity contribution in [3.63, 3.8) is 0 Å². The van der Waals surface area contributed by atoms with Gasteiger partial charge in [0, 0.05) is 16.5 Å². The maximum Gasteiger partial charge on any atom is 0.161 e. The number of aryl methyl sites for hydroxylation is 1. The number of rotatable bonds is 6. The second kappa shape index (κ2) is 7.29. The molecule has 2 aromatic rings. The number of halogens is 2. The number of ether oxygens (including phenoxy) is 1. The first-order chi connectivity index (χ1) is 10.1. The standard InChI is InChI=1S/C15H19BrClN3O/c1-4-7-18-14(11-8-10(16)5-6-12(11)17)15-13(21-3)9-19-20(15)2/h5-6,8-9,14,18H,4,7H2,1-3H3. The van der Waals surface area contributed by atoms with Gasteiger partial charge in [0.2, 0.25) is 0 Å². The van der Waals surface area contributed by atoms with Gasteiger partial charge in [-0.3, -0.25) is 4.68 Å². The summed E-state index contributed by atoms with van der Waals surface area (Å²) in [6.45, 7) is 3.01. The van der Waals surface area contributed by atoms with E-state index >= 15 is 0 Å². The quantitative estimate of drug-likeness (QED) is 0.835. The number of methoxy groups -OCH3 is 1. The zero-order valence-corrected chi connectivity index (χ0v) is 14.7. The second-order valence-corrected chi connectivity index (χ2v) is 6.10. The van der Waals surface area contributed by atoms with Crippen LogP contribution < -0.4 is 10.1 Å². The van der Waals surface area contributed by atoms with Gasteiger partial charge in [-0.2, -0.15) is 5.10 Å². The highest BCUT2D eigenvalue weighted by Crippen LogP contribution is 2.34. The van der Waals surface area contributed by atoms with Crippen LogP contribution in [0.1, 0.15) is 30.6 Å². The molecule has 0 aliphatic heterocycles. The second-order valence-electron chi connectivity index (χ2n) is 4.77. The molecule has 1 N–H and O–H groups in total. The van der Waals surface area contributed by atoms with Crippen LogP contribution in [0, 0.1) is 0 Å². The number of hydrogen-bond donors (Lipinski definition) is 1. The Hall–Kier alpha value is -1.04. The van der Waals surface area contributed by atoms with Crippen molar-refractivity contribution in [2.24, 2.45) is 7.05 Å². The van der Waals surface area contributed by atoms with E-state index in [1.165, 1.54) is 0 Å². The molecule has 0 aliphatic rings. The zero-order valence-electron chi connectivity index (χ0n) is 12.4. The third-order valence-electron chi connectivity index (χ3n) is 3.31. The molecule has 4 nitrogen and oxygen atoms in total. The molecule has 1 aromatic carbocycles. The smallest absolute Gasteiger partial charge is 0.161 e. The molecule has 0 saturated heterocycles. The molecule has 6 heteroatoms. The molecule has 114 valence electrons. The summed E-state index contributed by atoms with van der Waals surface area (Å²) >= 11 is 9.91. The molecule has 0 fully saturated rings. The van der Waals surface area contributed by atoms with Gasteiger partial charge in [0.25, 0.3) is 0 Å². The Labute approximate surface area is 138 Å². The Balaban J connectivity index is 2.52. The summed E-state index contributed by atoms with van der Waals surface area (Å²) in [5.41, 5.74) is 1.97. The molecule has 21 heavy (non-hydrogen) atoms. The Morgan fingerprint density at radius 3 is 2.90 bits per heavy atom. The van der Waals surface area contributed by atoms with E-state index in [4.69, 9.17) is 16.3 Å². The Morgan fingerprint density at radius 1 is 1.48 bits per heavy atom. The number of nitrogens with one attached hydrogen (secondary N) is 1. The number of hydrogen-bond acceptors (Lipinski definition) is 3. The third kappa shape index (κ3) is 3.59. The average molecular weight is 373 g/mol. The van der Waals surface area contributed by atoms with Crippen LogP contribution in [0.5, 0.6) is 5.75 Å². The molecule has 0 saturated carbocycles. The van der Waals surface area contributed by atoms with E-state index in [9.17, 15) is 0 Å². The molecular formula is C15H19BrClN3O. The van der Waals surface area contributed by atoms with Gasteiger partial charge in [0.1, 0.15) is 5.69 Å². The summed E-state index contributed by atoms with van der Waals surface area (Å²) in [5, 5.41) is 8.53. The van der Waals surface area contributed by atoms with Gasteiger partial charge in [-0.25, -0.2) is 0 Å². The van der Waals surface area contributed by atoms with E-state index in [0.717, 1.165) is 39.5 Å². The minimum absolute atomic E-state index is 0.0719. The topological polar surface area (TPSA) is 39.1 Å². The van der Waals surface area contributed by atoms with E-state index < -0.39 is 0 Å². The van der Waals surface area contributed by atoms with Crippen molar-refractivity contribution in [3.8, 4) is 5.75 Å². The summed E-state index contributed by atoms with van der Waals surface area (Å²) in [6, 6.07) is 5.79. The lowest BCUT2D eigenvalue weighted by Gasteiger charge is -2.22. The van der Waals surface area contributed by atoms with E-state index in [1.54, 1.807) is 13.3 Å². The van der Waals surface area contributed by atoms with Gasteiger partial charge >= 0.3 is 0 Å². The first kappa shape index (κ1) is 16.3. The Kier molecular flexibility index (Phi) is 5.67. The summed E-state index contributed by atoms with van der Waals surface area (Å²) in [7, 11) is 3.56. The number of aromatic nitrogens is 2. The largest absolute Gasteiger partial charge is 0.493 e. The molecule has 0 radical (unpaired) electrons. The first-order valence-electron chi connectivity index (χ1n) is 6.82. The lowest BCUT2D eigenvalue weighted by atomic mass is 10.0. The Bertz CT molecular complexity index is 615. The van der Waals surface area contributed by atoms with Crippen molar-refractivity contribution in [1.29, 1.82) is 0 Å². The SMILES string of the molecule is CCCNC(c1cc(Br)ccc1Cl)c1c(OC)cnn1C. The highest BCUT2D eigenvalue weighted by atomic mass is 79.9. The van der Waals surface area contributed by atoms with Crippen LogP contribution >= 0.6 is 27.5 Å². The van der Waals surface area contributed by atoms with E-state index in [2.05, 4.69) is 33.3 Å². The first-order valence-corrected chi connectivity index (χ1v) is 7.99. The molecule has 1 atom stereocenters. The van der Waals surface area contributed by atoms with Crippen LogP contribution in [0.2, 0.25) is 5.02 Å². The summed E-state index contributed by atoms with van der Waals surface area (Å²) in [4.78, 5) is 0. The normalized spacial score (nSPS) is 12.4.